The van der Waals surface area contributed by atoms with E-state index < -0.39 is 5.60 Å². The van der Waals surface area contributed by atoms with E-state index in [-0.39, 0.29) is 6.54 Å². The molecular weight excluding hydrogens is 330 g/mol. The lowest BCUT2D eigenvalue weighted by atomic mass is 9.96. The fourth-order valence-corrected chi connectivity index (χ4v) is 2.65. The smallest absolute Gasteiger partial charge is 0.191 e. The molecule has 6 heteroatoms. The second-order valence-electron chi connectivity index (χ2n) is 6.83. The average molecular weight is 359 g/mol. The first kappa shape index (κ1) is 19.8. The summed E-state index contributed by atoms with van der Waals surface area (Å²) in [4.78, 5) is 4.54. The van der Waals surface area contributed by atoms with E-state index in [4.69, 9.17) is 8.83 Å². The van der Waals surface area contributed by atoms with Crippen LogP contribution in [0.5, 0.6) is 0 Å². The molecule has 26 heavy (non-hydrogen) atoms. The van der Waals surface area contributed by atoms with Gasteiger partial charge >= 0.3 is 0 Å². The lowest BCUT2D eigenvalue weighted by molar-refractivity contribution is 0.0657. The van der Waals surface area contributed by atoms with Crippen LogP contribution in [0.1, 0.15) is 36.7 Å². The van der Waals surface area contributed by atoms with Gasteiger partial charge in [-0.2, -0.15) is 0 Å². The van der Waals surface area contributed by atoms with Crippen LogP contribution in [-0.4, -0.2) is 30.7 Å². The van der Waals surface area contributed by atoms with E-state index in [1.54, 1.807) is 13.2 Å². The number of guanidine groups is 1. The summed E-state index contributed by atoms with van der Waals surface area (Å²) in [6.07, 6.45) is 2.41. The summed E-state index contributed by atoms with van der Waals surface area (Å²) < 4.78 is 10.9. The highest BCUT2D eigenvalue weighted by Gasteiger charge is 2.27. The molecule has 2 rings (SSSR count). The molecule has 0 bridgehead atoms. The molecule has 1 atom stereocenters. The largest absolute Gasteiger partial charge is 0.469 e. The molecule has 0 aliphatic rings. The van der Waals surface area contributed by atoms with Gasteiger partial charge in [0.05, 0.1) is 12.8 Å². The minimum atomic E-state index is -1.11. The molecule has 0 amide bonds. The van der Waals surface area contributed by atoms with Crippen molar-refractivity contribution in [2.75, 3.05) is 19.6 Å². The van der Waals surface area contributed by atoms with Crippen LogP contribution in [0.3, 0.4) is 0 Å². The fraction of sp³-hybridized carbons (Fsp3) is 0.450. The van der Waals surface area contributed by atoms with Crippen molar-refractivity contribution in [2.45, 2.75) is 39.7 Å². The Morgan fingerprint density at radius 2 is 2.12 bits per heavy atom. The van der Waals surface area contributed by atoms with Crippen molar-refractivity contribution in [3.63, 3.8) is 0 Å². The maximum Gasteiger partial charge on any atom is 0.191 e. The molecule has 142 valence electrons. The number of aryl methyl sites for hydroxylation is 2. The second-order valence-corrected chi connectivity index (χ2v) is 6.83. The van der Waals surface area contributed by atoms with Gasteiger partial charge in [-0.25, -0.2) is 4.99 Å². The van der Waals surface area contributed by atoms with Crippen molar-refractivity contribution in [1.29, 1.82) is 0 Å². The van der Waals surface area contributed by atoms with E-state index in [0.29, 0.717) is 24.8 Å². The van der Waals surface area contributed by atoms with E-state index in [1.165, 1.54) is 0 Å². The Morgan fingerprint density at radius 3 is 2.69 bits per heavy atom. The van der Waals surface area contributed by atoms with Crippen molar-refractivity contribution in [3.05, 3.63) is 59.5 Å². The Hall–Kier alpha value is -2.47. The molecule has 0 spiro atoms. The van der Waals surface area contributed by atoms with Gasteiger partial charge in [0.1, 0.15) is 22.9 Å². The van der Waals surface area contributed by atoms with Crippen LogP contribution in [0.15, 0.2) is 50.4 Å². The van der Waals surface area contributed by atoms with E-state index in [9.17, 15) is 5.11 Å². The number of furan rings is 2. The Bertz CT molecular complexity index is 742. The van der Waals surface area contributed by atoms with Gasteiger partial charge in [0.25, 0.3) is 0 Å². The van der Waals surface area contributed by atoms with Crippen LogP contribution < -0.4 is 10.6 Å². The molecule has 2 aromatic heterocycles. The van der Waals surface area contributed by atoms with Crippen LogP contribution in [0.25, 0.3) is 0 Å². The lowest BCUT2D eigenvalue weighted by Gasteiger charge is -2.21. The predicted molar refractivity (Wildman–Crippen MR) is 103 cm³/mol. The standard InChI is InChI=1S/C20H29N3O3/c1-14(2)12-22-19(21-9-8-17-7-6-10-25-17)23-13-20(5,24)18-11-15(3)26-16(18)4/h6-7,10-11,24H,1,8-9,12-13H2,2-5H3,(H2,21,22,23). The number of aliphatic hydroxyl groups is 1. The fourth-order valence-electron chi connectivity index (χ4n) is 2.65. The Kier molecular flexibility index (Phi) is 6.69. The molecule has 0 aromatic carbocycles. The summed E-state index contributed by atoms with van der Waals surface area (Å²) in [7, 11) is 0. The second kappa shape index (κ2) is 8.76. The minimum Gasteiger partial charge on any atom is -0.469 e. The van der Waals surface area contributed by atoms with E-state index in [0.717, 1.165) is 29.1 Å². The Balaban J connectivity index is 2.02. The molecule has 6 nitrogen and oxygen atoms in total. The van der Waals surface area contributed by atoms with Crippen LogP contribution in [0.2, 0.25) is 0 Å². The number of rotatable bonds is 8. The molecule has 0 saturated carbocycles. The first-order chi connectivity index (χ1) is 12.3. The van der Waals surface area contributed by atoms with Crippen molar-refractivity contribution in [3.8, 4) is 0 Å². The van der Waals surface area contributed by atoms with Crippen LogP contribution in [-0.2, 0) is 12.0 Å². The number of nitrogens with zero attached hydrogens (tertiary/aromatic N) is 1. The van der Waals surface area contributed by atoms with Gasteiger partial charge in [0, 0.05) is 25.1 Å². The summed E-state index contributed by atoms with van der Waals surface area (Å²) in [6, 6.07) is 5.67. The van der Waals surface area contributed by atoms with Gasteiger partial charge < -0.3 is 24.6 Å². The van der Waals surface area contributed by atoms with Gasteiger partial charge in [-0.05, 0) is 45.9 Å². The third kappa shape index (κ3) is 5.81. The zero-order chi connectivity index (χ0) is 19.2. The van der Waals surface area contributed by atoms with Crippen LogP contribution in [0.4, 0.5) is 0 Å². The molecule has 0 radical (unpaired) electrons. The van der Waals surface area contributed by atoms with E-state index in [2.05, 4.69) is 22.2 Å². The molecule has 0 aliphatic heterocycles. The average Bonchev–Trinajstić information content (AvgIpc) is 3.19. The van der Waals surface area contributed by atoms with Crippen LogP contribution in [0, 0.1) is 13.8 Å². The highest BCUT2D eigenvalue weighted by Crippen LogP contribution is 2.27. The summed E-state index contributed by atoms with van der Waals surface area (Å²) in [5.74, 6) is 3.02. The quantitative estimate of drug-likeness (QED) is 0.383. The van der Waals surface area contributed by atoms with Gasteiger partial charge in [0.2, 0.25) is 0 Å². The zero-order valence-electron chi connectivity index (χ0n) is 16.1. The van der Waals surface area contributed by atoms with E-state index in [1.807, 2.05) is 39.0 Å². The highest BCUT2D eigenvalue weighted by atomic mass is 16.3. The normalized spacial score (nSPS) is 14.1. The van der Waals surface area contributed by atoms with E-state index >= 15 is 0 Å². The topological polar surface area (TPSA) is 82.9 Å². The number of hydrogen-bond donors (Lipinski definition) is 3. The Morgan fingerprint density at radius 1 is 1.35 bits per heavy atom. The van der Waals surface area contributed by atoms with Crippen molar-refractivity contribution >= 4 is 5.96 Å². The number of hydrogen-bond acceptors (Lipinski definition) is 4. The molecule has 3 N–H and O–H groups in total. The molecule has 2 heterocycles. The third-order valence-corrected chi connectivity index (χ3v) is 3.97. The summed E-state index contributed by atoms with van der Waals surface area (Å²) in [5, 5.41) is 17.3. The first-order valence-corrected chi connectivity index (χ1v) is 8.77. The number of nitrogens with one attached hydrogen (secondary N) is 2. The highest BCUT2D eigenvalue weighted by molar-refractivity contribution is 5.80. The molecule has 0 saturated heterocycles. The summed E-state index contributed by atoms with van der Waals surface area (Å²) in [6.45, 7) is 12.8. The molecule has 0 fully saturated rings. The number of aliphatic imine (C=N–C) groups is 1. The Labute approximate surface area is 155 Å². The predicted octanol–water partition coefficient (Wildman–Crippen LogP) is 3.05. The van der Waals surface area contributed by atoms with Crippen molar-refractivity contribution in [1.82, 2.24) is 10.6 Å². The molecule has 1 unspecified atom stereocenters. The minimum absolute atomic E-state index is 0.207. The summed E-state index contributed by atoms with van der Waals surface area (Å²) in [5.41, 5.74) is 0.646. The summed E-state index contributed by atoms with van der Waals surface area (Å²) >= 11 is 0. The van der Waals surface area contributed by atoms with Crippen molar-refractivity contribution in [2.24, 2.45) is 4.99 Å². The zero-order valence-corrected chi connectivity index (χ0v) is 16.1. The van der Waals surface area contributed by atoms with Gasteiger partial charge in [-0.1, -0.05) is 12.2 Å². The molecule has 2 aromatic rings. The van der Waals surface area contributed by atoms with Gasteiger partial charge in [-0.15, -0.1) is 0 Å². The monoisotopic (exact) mass is 359 g/mol. The van der Waals surface area contributed by atoms with Crippen LogP contribution >= 0.6 is 0 Å². The molecule has 0 aliphatic carbocycles. The van der Waals surface area contributed by atoms with Gasteiger partial charge in [0.15, 0.2) is 5.96 Å². The maximum absolute atomic E-state index is 10.8. The van der Waals surface area contributed by atoms with Gasteiger partial charge in [-0.3, -0.25) is 0 Å². The maximum atomic E-state index is 10.8. The van der Waals surface area contributed by atoms with Crippen molar-refractivity contribution < 1.29 is 13.9 Å². The third-order valence-electron chi connectivity index (χ3n) is 3.97. The lowest BCUT2D eigenvalue weighted by Crippen LogP contribution is -2.40. The molecular formula is C20H29N3O3. The SMILES string of the molecule is C=C(C)CNC(=NCC(C)(O)c1cc(C)oc1C)NCCc1ccco1. The first-order valence-electron chi connectivity index (χ1n) is 8.77.